The summed E-state index contributed by atoms with van der Waals surface area (Å²) in [5.74, 6) is -0.0612. The summed E-state index contributed by atoms with van der Waals surface area (Å²) in [6.07, 6.45) is 4.92. The molecule has 1 fully saturated rings. The van der Waals surface area contributed by atoms with Gasteiger partial charge in [-0.15, -0.1) is 0 Å². The molecule has 2 heterocycles. The van der Waals surface area contributed by atoms with Gasteiger partial charge in [0.15, 0.2) is 0 Å². The van der Waals surface area contributed by atoms with E-state index in [-0.39, 0.29) is 24.2 Å². The average Bonchev–Trinajstić information content (AvgIpc) is 2.70. The number of nitrogens with one attached hydrogen (secondary N) is 1. The Morgan fingerprint density at radius 1 is 1.11 bits per heavy atom. The van der Waals surface area contributed by atoms with Crippen LogP contribution in [0, 0.1) is 5.92 Å². The van der Waals surface area contributed by atoms with Crippen molar-refractivity contribution in [2.24, 2.45) is 5.92 Å². The van der Waals surface area contributed by atoms with Gasteiger partial charge >= 0.3 is 0 Å². The van der Waals surface area contributed by atoms with Crippen molar-refractivity contribution in [1.82, 2.24) is 15.2 Å². The van der Waals surface area contributed by atoms with Crippen molar-refractivity contribution in [2.45, 2.75) is 25.8 Å². The lowest BCUT2D eigenvalue weighted by Gasteiger charge is -2.31. The number of benzene rings is 1. The van der Waals surface area contributed by atoms with Gasteiger partial charge in [0.1, 0.15) is 0 Å². The highest BCUT2D eigenvalue weighted by atomic mass is 35.5. The van der Waals surface area contributed by atoms with Crippen molar-refractivity contribution >= 4 is 35.0 Å². The van der Waals surface area contributed by atoms with Crippen LogP contribution in [-0.4, -0.2) is 34.8 Å². The minimum absolute atomic E-state index is 0.0146. The summed E-state index contributed by atoms with van der Waals surface area (Å²) in [5, 5.41) is 3.95. The first-order chi connectivity index (χ1) is 13.0. The molecule has 2 amide bonds. The summed E-state index contributed by atoms with van der Waals surface area (Å²) in [5.41, 5.74) is 1.62. The van der Waals surface area contributed by atoms with Gasteiger partial charge in [0.25, 0.3) is 0 Å². The van der Waals surface area contributed by atoms with Gasteiger partial charge in [0.2, 0.25) is 11.8 Å². The third kappa shape index (κ3) is 5.21. The van der Waals surface area contributed by atoms with Crippen LogP contribution in [0.1, 0.15) is 24.0 Å². The molecular weight excluding hydrogens is 385 g/mol. The molecule has 0 unspecified atom stereocenters. The van der Waals surface area contributed by atoms with Crippen LogP contribution in [0.2, 0.25) is 10.0 Å². The first-order valence-electron chi connectivity index (χ1n) is 8.92. The number of carbonyl (C=O) groups excluding carboxylic acids is 2. The van der Waals surface area contributed by atoms with Crippen LogP contribution >= 0.6 is 23.2 Å². The van der Waals surface area contributed by atoms with Gasteiger partial charge in [-0.05, 0) is 42.2 Å². The second-order valence-electron chi connectivity index (χ2n) is 6.61. The van der Waals surface area contributed by atoms with Gasteiger partial charge in [-0.1, -0.05) is 35.3 Å². The van der Waals surface area contributed by atoms with Crippen LogP contribution in [-0.2, 0) is 22.6 Å². The second-order valence-corrected chi connectivity index (χ2v) is 7.43. The average molecular weight is 406 g/mol. The van der Waals surface area contributed by atoms with Gasteiger partial charge in [-0.2, -0.15) is 0 Å². The normalized spacial score (nSPS) is 14.8. The summed E-state index contributed by atoms with van der Waals surface area (Å²) >= 11 is 12.3. The SMILES string of the molecule is O=C(NCc1cccnc1)C1CCN(C(=O)Cc2c(Cl)cccc2Cl)CC1. The minimum Gasteiger partial charge on any atom is -0.352 e. The lowest BCUT2D eigenvalue weighted by Crippen LogP contribution is -2.43. The van der Waals surface area contributed by atoms with Gasteiger partial charge in [0.05, 0.1) is 6.42 Å². The lowest BCUT2D eigenvalue weighted by atomic mass is 9.95. The number of pyridine rings is 1. The largest absolute Gasteiger partial charge is 0.352 e. The van der Waals surface area contributed by atoms with Crippen molar-refractivity contribution in [3.8, 4) is 0 Å². The number of hydrogen-bond acceptors (Lipinski definition) is 3. The van der Waals surface area contributed by atoms with Gasteiger partial charge in [-0.3, -0.25) is 14.6 Å². The minimum atomic E-state index is -0.0744. The van der Waals surface area contributed by atoms with Gasteiger partial charge in [0, 0.05) is 48.0 Å². The number of hydrogen-bond donors (Lipinski definition) is 1. The summed E-state index contributed by atoms with van der Waals surface area (Å²) in [6, 6.07) is 8.99. The predicted molar refractivity (Wildman–Crippen MR) is 106 cm³/mol. The Morgan fingerprint density at radius 3 is 2.44 bits per heavy atom. The molecule has 3 rings (SSSR count). The van der Waals surface area contributed by atoms with E-state index in [0.29, 0.717) is 48.1 Å². The highest BCUT2D eigenvalue weighted by molar-refractivity contribution is 6.36. The third-order valence-corrected chi connectivity index (χ3v) is 5.51. The van der Waals surface area contributed by atoms with Crippen LogP contribution in [0.3, 0.4) is 0 Å². The monoisotopic (exact) mass is 405 g/mol. The number of amides is 2. The van der Waals surface area contributed by atoms with E-state index in [2.05, 4.69) is 10.3 Å². The van der Waals surface area contributed by atoms with Crippen LogP contribution in [0.5, 0.6) is 0 Å². The molecule has 0 atom stereocenters. The van der Waals surface area contributed by atoms with Crippen molar-refractivity contribution in [2.75, 3.05) is 13.1 Å². The van der Waals surface area contributed by atoms with E-state index in [1.807, 2.05) is 12.1 Å². The van der Waals surface area contributed by atoms with E-state index in [0.717, 1.165) is 5.56 Å². The maximum Gasteiger partial charge on any atom is 0.227 e. The Kier molecular flexibility index (Phi) is 6.69. The number of halogens is 2. The fourth-order valence-corrected chi connectivity index (χ4v) is 3.72. The lowest BCUT2D eigenvalue weighted by molar-refractivity contribution is -0.135. The fraction of sp³-hybridized carbons (Fsp3) is 0.350. The number of carbonyl (C=O) groups is 2. The summed E-state index contributed by atoms with van der Waals surface area (Å²) < 4.78 is 0. The maximum absolute atomic E-state index is 12.6. The van der Waals surface area contributed by atoms with Crippen LogP contribution in [0.15, 0.2) is 42.7 Å². The number of aromatic nitrogens is 1. The van der Waals surface area contributed by atoms with Crippen molar-refractivity contribution in [1.29, 1.82) is 0 Å². The number of rotatable bonds is 5. The molecule has 5 nitrogen and oxygen atoms in total. The molecule has 0 bridgehead atoms. The molecular formula is C20H21Cl2N3O2. The van der Waals surface area contributed by atoms with E-state index in [1.54, 1.807) is 35.5 Å². The van der Waals surface area contributed by atoms with Crippen molar-refractivity contribution < 1.29 is 9.59 Å². The molecule has 2 aromatic rings. The van der Waals surface area contributed by atoms with E-state index >= 15 is 0 Å². The molecule has 1 aromatic carbocycles. The molecule has 0 spiro atoms. The fourth-order valence-electron chi connectivity index (χ4n) is 3.19. The molecule has 142 valence electrons. The van der Waals surface area contributed by atoms with Crippen LogP contribution in [0.25, 0.3) is 0 Å². The molecule has 1 N–H and O–H groups in total. The predicted octanol–water partition coefficient (Wildman–Crippen LogP) is 3.49. The van der Waals surface area contributed by atoms with Crippen LogP contribution in [0.4, 0.5) is 0 Å². The van der Waals surface area contributed by atoms with Crippen LogP contribution < -0.4 is 5.32 Å². The molecule has 1 aromatic heterocycles. The Labute approximate surface area is 168 Å². The second kappa shape index (κ2) is 9.20. The molecule has 1 aliphatic heterocycles. The van der Waals surface area contributed by atoms with E-state index in [4.69, 9.17) is 23.2 Å². The highest BCUT2D eigenvalue weighted by Gasteiger charge is 2.27. The smallest absolute Gasteiger partial charge is 0.227 e. The molecule has 0 aliphatic carbocycles. The number of piperidine rings is 1. The van der Waals surface area contributed by atoms with E-state index < -0.39 is 0 Å². The van der Waals surface area contributed by atoms with E-state index in [9.17, 15) is 9.59 Å². The zero-order valence-corrected chi connectivity index (χ0v) is 16.3. The zero-order valence-electron chi connectivity index (χ0n) is 14.8. The highest BCUT2D eigenvalue weighted by Crippen LogP contribution is 2.26. The quantitative estimate of drug-likeness (QED) is 0.827. The maximum atomic E-state index is 12.6. The molecule has 0 saturated carbocycles. The Balaban J connectivity index is 1.48. The molecule has 7 heteroatoms. The van der Waals surface area contributed by atoms with E-state index in [1.165, 1.54) is 0 Å². The topological polar surface area (TPSA) is 62.3 Å². The molecule has 0 radical (unpaired) electrons. The first kappa shape index (κ1) is 19.6. The Morgan fingerprint density at radius 2 is 1.81 bits per heavy atom. The summed E-state index contributed by atoms with van der Waals surface area (Å²) in [7, 11) is 0. The Hall–Kier alpha value is -2.11. The zero-order chi connectivity index (χ0) is 19.2. The molecule has 1 aliphatic rings. The van der Waals surface area contributed by atoms with Crippen molar-refractivity contribution in [3.05, 3.63) is 63.9 Å². The third-order valence-electron chi connectivity index (χ3n) is 4.80. The van der Waals surface area contributed by atoms with Crippen molar-refractivity contribution in [3.63, 3.8) is 0 Å². The molecule has 27 heavy (non-hydrogen) atoms. The van der Waals surface area contributed by atoms with Gasteiger partial charge < -0.3 is 10.2 Å². The molecule has 1 saturated heterocycles. The number of likely N-dealkylation sites (tertiary alicyclic amines) is 1. The summed E-state index contributed by atoms with van der Waals surface area (Å²) in [6.45, 7) is 1.59. The Bertz CT molecular complexity index is 786. The summed E-state index contributed by atoms with van der Waals surface area (Å²) in [4.78, 5) is 30.7. The standard InChI is InChI=1S/C20H21Cl2N3O2/c21-17-4-1-5-18(22)16(17)11-19(26)25-9-6-15(7-10-25)20(27)24-13-14-3-2-8-23-12-14/h1-5,8,12,15H,6-7,9-11,13H2,(H,24,27). The van der Waals surface area contributed by atoms with Gasteiger partial charge in [-0.25, -0.2) is 0 Å². The first-order valence-corrected chi connectivity index (χ1v) is 9.67. The number of nitrogens with zero attached hydrogens (tertiary/aromatic N) is 2.